The van der Waals surface area contributed by atoms with Crippen molar-refractivity contribution in [3.63, 3.8) is 0 Å². The molecule has 0 aromatic carbocycles. The van der Waals surface area contributed by atoms with Crippen LogP contribution in [0.25, 0.3) is 0 Å². The molecule has 3 nitrogen and oxygen atoms in total. The molecule has 1 fully saturated rings. The van der Waals surface area contributed by atoms with Crippen molar-refractivity contribution in [2.45, 2.75) is 19.8 Å². The van der Waals surface area contributed by atoms with Gasteiger partial charge in [-0.2, -0.15) is 0 Å². The van der Waals surface area contributed by atoms with Crippen LogP contribution in [0.4, 0.5) is 0 Å². The number of rotatable bonds is 1. The average Bonchev–Trinajstić information content (AvgIpc) is 2.34. The van der Waals surface area contributed by atoms with Gasteiger partial charge in [-0.1, -0.05) is 0 Å². The zero-order chi connectivity index (χ0) is 7.40. The van der Waals surface area contributed by atoms with Crippen molar-refractivity contribution in [1.29, 1.82) is 0 Å². The molecular weight excluding hydrogens is 130 g/mol. The van der Waals surface area contributed by atoms with E-state index in [0.29, 0.717) is 0 Å². The van der Waals surface area contributed by atoms with E-state index < -0.39 is 0 Å². The van der Waals surface area contributed by atoms with Gasteiger partial charge in [-0.05, 0) is 12.8 Å². The molecule has 0 saturated carbocycles. The molecule has 1 aliphatic rings. The highest BCUT2D eigenvalue weighted by molar-refractivity contribution is 5.66. The fourth-order valence-corrected chi connectivity index (χ4v) is 0.871. The normalized spacial score (nSPS) is 20.7. The molecule has 0 aromatic heterocycles. The first-order valence-electron chi connectivity index (χ1n) is 3.39. The summed E-state index contributed by atoms with van der Waals surface area (Å²) in [6.45, 7) is 2.39. The molecule has 0 aromatic rings. The van der Waals surface area contributed by atoms with Gasteiger partial charge in [0.2, 0.25) is 0 Å². The predicted octanol–water partition coefficient (Wildman–Crippen LogP) is 0.774. The number of allylic oxidation sites excluding steroid dienone is 1. The highest BCUT2D eigenvalue weighted by Crippen LogP contribution is 2.07. The zero-order valence-corrected chi connectivity index (χ0v) is 6.02. The number of esters is 1. The smallest absolute Gasteiger partial charge is 0.307 e. The van der Waals surface area contributed by atoms with Gasteiger partial charge in [0.05, 0.1) is 0 Å². The fourth-order valence-electron chi connectivity index (χ4n) is 0.871. The van der Waals surface area contributed by atoms with Crippen LogP contribution in [-0.4, -0.2) is 12.5 Å². The number of hydrogen-bond acceptors (Lipinski definition) is 3. The van der Waals surface area contributed by atoms with Gasteiger partial charge in [0.15, 0.2) is 0 Å². The van der Waals surface area contributed by atoms with Crippen molar-refractivity contribution in [1.82, 2.24) is 5.32 Å². The van der Waals surface area contributed by atoms with Crippen molar-refractivity contribution in [3.05, 3.63) is 12.0 Å². The molecule has 3 heteroatoms. The monoisotopic (exact) mass is 141 g/mol. The second-order valence-electron chi connectivity index (χ2n) is 2.28. The van der Waals surface area contributed by atoms with E-state index >= 15 is 0 Å². The Balaban J connectivity index is 2.31. The van der Waals surface area contributed by atoms with E-state index in [2.05, 4.69) is 10.1 Å². The first-order valence-corrected chi connectivity index (χ1v) is 3.39. The van der Waals surface area contributed by atoms with Gasteiger partial charge in [-0.15, -0.1) is 0 Å². The first-order chi connectivity index (χ1) is 4.79. The summed E-state index contributed by atoms with van der Waals surface area (Å²) in [7, 11) is 0. The second kappa shape index (κ2) is 3.25. The quantitative estimate of drug-likeness (QED) is 0.433. The van der Waals surface area contributed by atoms with Crippen LogP contribution >= 0.6 is 0 Å². The summed E-state index contributed by atoms with van der Waals surface area (Å²) in [6.07, 6.45) is 3.62. The molecule has 10 heavy (non-hydrogen) atoms. The molecule has 0 atom stereocenters. The lowest BCUT2D eigenvalue weighted by atomic mass is 10.3. The number of ether oxygens (including phenoxy) is 1. The van der Waals surface area contributed by atoms with E-state index in [9.17, 15) is 4.79 Å². The van der Waals surface area contributed by atoms with Gasteiger partial charge in [-0.25, -0.2) is 0 Å². The van der Waals surface area contributed by atoms with Gasteiger partial charge in [0.25, 0.3) is 0 Å². The minimum absolute atomic E-state index is 0.263. The third kappa shape index (κ3) is 2.09. The highest BCUT2D eigenvalue weighted by atomic mass is 16.5. The van der Waals surface area contributed by atoms with Crippen molar-refractivity contribution >= 4 is 5.97 Å². The minimum atomic E-state index is -0.263. The van der Waals surface area contributed by atoms with Gasteiger partial charge in [0, 0.05) is 19.2 Å². The molecule has 0 amide bonds. The second-order valence-corrected chi connectivity index (χ2v) is 2.28. The van der Waals surface area contributed by atoms with Crippen LogP contribution in [0.15, 0.2) is 12.0 Å². The lowest BCUT2D eigenvalue weighted by molar-refractivity contribution is -0.135. The molecule has 1 heterocycles. The maximum absolute atomic E-state index is 10.3. The standard InChI is InChI=1S/C7H11NO2/c1-6(9)10-5-7-3-2-4-8-7/h5,8H,2-4H2,1H3/b7-5+. The summed E-state index contributed by atoms with van der Waals surface area (Å²) < 4.78 is 4.66. The lowest BCUT2D eigenvalue weighted by Crippen LogP contribution is -2.04. The van der Waals surface area contributed by atoms with Crippen LogP contribution in [0, 0.1) is 0 Å². The number of carbonyl (C=O) groups is 1. The van der Waals surface area contributed by atoms with E-state index in [4.69, 9.17) is 0 Å². The van der Waals surface area contributed by atoms with Gasteiger partial charge in [0.1, 0.15) is 6.26 Å². The Morgan fingerprint density at radius 2 is 2.60 bits per heavy atom. The van der Waals surface area contributed by atoms with Gasteiger partial charge in [-0.3, -0.25) is 4.79 Å². The summed E-state index contributed by atoms with van der Waals surface area (Å²) in [6, 6.07) is 0. The Hall–Kier alpha value is -0.990. The summed E-state index contributed by atoms with van der Waals surface area (Å²) in [5.41, 5.74) is 1.02. The molecule has 0 unspecified atom stereocenters. The van der Waals surface area contributed by atoms with E-state index in [-0.39, 0.29) is 5.97 Å². The van der Waals surface area contributed by atoms with E-state index in [1.165, 1.54) is 13.2 Å². The molecule has 1 rings (SSSR count). The minimum Gasteiger partial charge on any atom is -0.433 e. The fraction of sp³-hybridized carbons (Fsp3) is 0.571. The van der Waals surface area contributed by atoms with Crippen LogP contribution in [0.3, 0.4) is 0 Å². The molecular formula is C7H11NO2. The van der Waals surface area contributed by atoms with Gasteiger partial charge >= 0.3 is 5.97 Å². The highest BCUT2D eigenvalue weighted by Gasteiger charge is 2.04. The summed E-state index contributed by atoms with van der Waals surface area (Å²) in [5.74, 6) is -0.263. The van der Waals surface area contributed by atoms with E-state index in [1.54, 1.807) is 0 Å². The summed E-state index contributed by atoms with van der Waals surface area (Å²) in [5, 5.41) is 3.10. The first kappa shape index (κ1) is 7.12. The molecule has 0 radical (unpaired) electrons. The Labute approximate surface area is 60.1 Å². The molecule has 56 valence electrons. The van der Waals surface area contributed by atoms with E-state index in [0.717, 1.165) is 25.1 Å². The largest absolute Gasteiger partial charge is 0.433 e. The molecule has 0 bridgehead atoms. The van der Waals surface area contributed by atoms with Crippen molar-refractivity contribution in [2.24, 2.45) is 0 Å². The molecule has 1 N–H and O–H groups in total. The Morgan fingerprint density at radius 3 is 3.10 bits per heavy atom. The van der Waals surface area contributed by atoms with Crippen LogP contribution in [0.2, 0.25) is 0 Å². The Bertz CT molecular complexity index is 155. The topological polar surface area (TPSA) is 38.3 Å². The molecule has 0 spiro atoms. The Morgan fingerprint density at radius 1 is 1.80 bits per heavy atom. The maximum Gasteiger partial charge on any atom is 0.307 e. The van der Waals surface area contributed by atoms with Crippen LogP contribution < -0.4 is 5.32 Å². The number of hydrogen-bond donors (Lipinski definition) is 1. The summed E-state index contributed by atoms with van der Waals surface area (Å²) >= 11 is 0. The third-order valence-corrected chi connectivity index (χ3v) is 1.34. The third-order valence-electron chi connectivity index (χ3n) is 1.34. The number of nitrogens with one attached hydrogen (secondary N) is 1. The Kier molecular flexibility index (Phi) is 2.31. The zero-order valence-electron chi connectivity index (χ0n) is 6.02. The van der Waals surface area contributed by atoms with Crippen LogP contribution in [-0.2, 0) is 9.53 Å². The van der Waals surface area contributed by atoms with Crippen LogP contribution in [0.5, 0.6) is 0 Å². The lowest BCUT2D eigenvalue weighted by Gasteiger charge is -1.96. The average molecular weight is 141 g/mol. The van der Waals surface area contributed by atoms with Gasteiger partial charge < -0.3 is 10.1 Å². The predicted molar refractivity (Wildman–Crippen MR) is 37.1 cm³/mol. The maximum atomic E-state index is 10.3. The van der Waals surface area contributed by atoms with Crippen molar-refractivity contribution in [2.75, 3.05) is 6.54 Å². The van der Waals surface area contributed by atoms with Crippen LogP contribution in [0.1, 0.15) is 19.8 Å². The van der Waals surface area contributed by atoms with Crippen molar-refractivity contribution < 1.29 is 9.53 Å². The molecule has 0 aliphatic carbocycles. The molecule has 1 aliphatic heterocycles. The van der Waals surface area contributed by atoms with Crippen molar-refractivity contribution in [3.8, 4) is 0 Å². The van der Waals surface area contributed by atoms with E-state index in [1.807, 2.05) is 0 Å². The SMILES string of the molecule is CC(=O)O/C=C1\CCCN1. The molecule has 1 saturated heterocycles. The summed E-state index contributed by atoms with van der Waals surface area (Å²) in [4.78, 5) is 10.3. The number of carbonyl (C=O) groups excluding carboxylic acids is 1.